The molecule has 6 nitrogen and oxygen atoms in total. The maximum atomic E-state index is 9.38. The fourth-order valence-electron chi connectivity index (χ4n) is 3.00. The van der Waals surface area contributed by atoms with Crippen molar-refractivity contribution >= 4 is 34.1 Å². The van der Waals surface area contributed by atoms with Crippen LogP contribution < -0.4 is 16.0 Å². The number of nitriles is 1. The lowest BCUT2D eigenvalue weighted by molar-refractivity contribution is 0.114. The molecule has 1 saturated heterocycles. The van der Waals surface area contributed by atoms with Crippen molar-refractivity contribution in [3.8, 4) is 6.07 Å². The van der Waals surface area contributed by atoms with Crippen molar-refractivity contribution in [2.75, 3.05) is 31.6 Å². The number of para-hydroxylation sites is 1. The number of nitrogens with zero attached hydrogens (tertiary/aromatic N) is 2. The van der Waals surface area contributed by atoms with E-state index in [2.05, 4.69) is 27.0 Å². The summed E-state index contributed by atoms with van der Waals surface area (Å²) in [6.45, 7) is 4.85. The van der Waals surface area contributed by atoms with Crippen molar-refractivity contribution in [2.24, 2.45) is 0 Å². The van der Waals surface area contributed by atoms with E-state index in [-0.39, 0.29) is 6.10 Å². The number of nitrogens with one attached hydrogen (secondary N) is 3. The zero-order valence-electron chi connectivity index (χ0n) is 14.8. The van der Waals surface area contributed by atoms with E-state index in [0.29, 0.717) is 29.6 Å². The molecule has 1 aromatic carbocycles. The Morgan fingerprint density at radius 2 is 2.27 bits per heavy atom. The van der Waals surface area contributed by atoms with Crippen molar-refractivity contribution in [3.05, 3.63) is 35.4 Å². The number of thiocarbonyl (C=S) groups is 1. The fraction of sp³-hybridized carbons (Fsp3) is 0.421. The lowest BCUT2D eigenvalue weighted by Gasteiger charge is -2.14. The average Bonchev–Trinajstić information content (AvgIpc) is 3.17. The summed E-state index contributed by atoms with van der Waals surface area (Å²) in [5.74, 6) is 0.606. The smallest absolute Gasteiger partial charge is 0.166 e. The Kier molecular flexibility index (Phi) is 6.21. The van der Waals surface area contributed by atoms with Crippen molar-refractivity contribution in [2.45, 2.75) is 25.9 Å². The zero-order chi connectivity index (χ0) is 18.4. The van der Waals surface area contributed by atoms with Crippen LogP contribution in [0.4, 0.5) is 5.82 Å². The van der Waals surface area contributed by atoms with Gasteiger partial charge in [-0.15, -0.1) is 0 Å². The highest BCUT2D eigenvalue weighted by Crippen LogP contribution is 2.22. The molecule has 1 atom stereocenters. The highest BCUT2D eigenvalue weighted by molar-refractivity contribution is 7.80. The molecule has 7 heteroatoms. The molecule has 1 aliphatic heterocycles. The standard InChI is InChI=1S/C19H23N5OS/c1-13-4-2-5-14-10-15(11-20)18(24-17(13)14)21-7-8-22-19(26)23-12-16-6-3-9-25-16/h2,4-5,10,16H,3,6-9,12H2,1H3,(H,21,24)(H2,22,23,26)/t16-/m0/s1. The molecule has 2 heterocycles. The van der Waals surface area contributed by atoms with E-state index in [1.54, 1.807) is 0 Å². The quantitative estimate of drug-likeness (QED) is 0.533. The molecule has 136 valence electrons. The van der Waals surface area contributed by atoms with Crippen LogP contribution in [0.15, 0.2) is 24.3 Å². The first-order chi connectivity index (χ1) is 12.7. The van der Waals surface area contributed by atoms with Crippen LogP contribution in [-0.4, -0.2) is 42.4 Å². The fourth-order valence-corrected chi connectivity index (χ4v) is 3.18. The molecular formula is C19H23N5OS. The molecular weight excluding hydrogens is 346 g/mol. The summed E-state index contributed by atoms with van der Waals surface area (Å²) >= 11 is 5.27. The monoisotopic (exact) mass is 369 g/mol. The van der Waals surface area contributed by atoms with Gasteiger partial charge in [0.2, 0.25) is 0 Å². The second kappa shape index (κ2) is 8.79. The Bertz CT molecular complexity index is 827. The number of fused-ring (bicyclic) bond motifs is 1. The van der Waals surface area contributed by atoms with Crippen LogP contribution in [-0.2, 0) is 4.74 Å². The van der Waals surface area contributed by atoms with Gasteiger partial charge in [0, 0.05) is 31.6 Å². The van der Waals surface area contributed by atoms with Gasteiger partial charge in [-0.1, -0.05) is 18.2 Å². The third-order valence-electron chi connectivity index (χ3n) is 4.39. The summed E-state index contributed by atoms with van der Waals surface area (Å²) in [5, 5.41) is 20.5. The number of pyridine rings is 1. The normalized spacial score (nSPS) is 16.2. The first-order valence-corrected chi connectivity index (χ1v) is 9.26. The molecule has 26 heavy (non-hydrogen) atoms. The molecule has 3 rings (SSSR count). The molecule has 0 bridgehead atoms. The maximum absolute atomic E-state index is 9.38. The largest absolute Gasteiger partial charge is 0.376 e. The molecule has 1 aliphatic rings. The molecule has 3 N–H and O–H groups in total. The number of hydrogen-bond acceptors (Lipinski definition) is 5. The van der Waals surface area contributed by atoms with Gasteiger partial charge in [0.25, 0.3) is 0 Å². The van der Waals surface area contributed by atoms with Gasteiger partial charge in [0.1, 0.15) is 11.9 Å². The number of rotatable bonds is 6. The molecule has 1 fully saturated rings. The van der Waals surface area contributed by atoms with E-state index in [1.807, 2.05) is 31.2 Å². The van der Waals surface area contributed by atoms with Crippen molar-refractivity contribution < 1.29 is 4.74 Å². The predicted octanol–water partition coefficient (Wildman–Crippen LogP) is 2.47. The van der Waals surface area contributed by atoms with Gasteiger partial charge in [-0.2, -0.15) is 5.26 Å². The van der Waals surface area contributed by atoms with Crippen LogP contribution in [0.1, 0.15) is 24.0 Å². The minimum absolute atomic E-state index is 0.260. The summed E-state index contributed by atoms with van der Waals surface area (Å²) < 4.78 is 5.56. The first-order valence-electron chi connectivity index (χ1n) is 8.85. The summed E-state index contributed by atoms with van der Waals surface area (Å²) in [6, 6.07) is 10.0. The molecule has 1 aromatic heterocycles. The molecule has 0 saturated carbocycles. The van der Waals surface area contributed by atoms with Crippen LogP contribution in [0, 0.1) is 18.3 Å². The maximum Gasteiger partial charge on any atom is 0.166 e. The molecule has 0 amide bonds. The third kappa shape index (κ3) is 4.59. The van der Waals surface area contributed by atoms with Crippen molar-refractivity contribution in [3.63, 3.8) is 0 Å². The average molecular weight is 369 g/mol. The van der Waals surface area contributed by atoms with E-state index >= 15 is 0 Å². The Labute approximate surface area is 158 Å². The van der Waals surface area contributed by atoms with E-state index in [0.717, 1.165) is 42.5 Å². The minimum atomic E-state index is 0.260. The number of benzene rings is 1. The van der Waals surface area contributed by atoms with Crippen LogP contribution in [0.3, 0.4) is 0 Å². The van der Waals surface area contributed by atoms with E-state index in [1.165, 1.54) is 0 Å². The van der Waals surface area contributed by atoms with Crippen molar-refractivity contribution in [1.82, 2.24) is 15.6 Å². The Morgan fingerprint density at radius 1 is 1.38 bits per heavy atom. The zero-order valence-corrected chi connectivity index (χ0v) is 15.7. The number of hydrogen-bond donors (Lipinski definition) is 3. The third-order valence-corrected chi connectivity index (χ3v) is 4.67. The summed E-state index contributed by atoms with van der Waals surface area (Å²) in [6.07, 6.45) is 2.47. The Hall–Kier alpha value is -2.43. The van der Waals surface area contributed by atoms with Gasteiger partial charge in [-0.05, 0) is 43.6 Å². The van der Waals surface area contributed by atoms with Gasteiger partial charge in [0.05, 0.1) is 17.2 Å². The summed E-state index contributed by atoms with van der Waals surface area (Å²) in [4.78, 5) is 4.62. The molecule has 0 aliphatic carbocycles. The number of aryl methyl sites for hydroxylation is 1. The SMILES string of the molecule is Cc1cccc2cc(C#N)c(NCCNC(=S)NC[C@@H]3CCCO3)nc12. The molecule has 2 aromatic rings. The number of aromatic nitrogens is 1. The van der Waals surface area contributed by atoms with Crippen molar-refractivity contribution in [1.29, 1.82) is 5.26 Å². The highest BCUT2D eigenvalue weighted by atomic mass is 32.1. The van der Waals surface area contributed by atoms with Gasteiger partial charge < -0.3 is 20.7 Å². The van der Waals surface area contributed by atoms with Gasteiger partial charge in [-0.3, -0.25) is 0 Å². The summed E-state index contributed by atoms with van der Waals surface area (Å²) in [7, 11) is 0. The van der Waals surface area contributed by atoms with E-state index in [4.69, 9.17) is 17.0 Å². The number of ether oxygens (including phenoxy) is 1. The minimum Gasteiger partial charge on any atom is -0.376 e. The topological polar surface area (TPSA) is 82.0 Å². The lowest BCUT2D eigenvalue weighted by Crippen LogP contribution is -2.41. The van der Waals surface area contributed by atoms with Crippen LogP contribution in [0.5, 0.6) is 0 Å². The summed E-state index contributed by atoms with van der Waals surface area (Å²) in [5.41, 5.74) is 2.55. The Morgan fingerprint density at radius 3 is 3.04 bits per heavy atom. The van der Waals surface area contributed by atoms with Crippen LogP contribution in [0.25, 0.3) is 10.9 Å². The molecule has 0 spiro atoms. The van der Waals surface area contributed by atoms with Gasteiger partial charge in [0.15, 0.2) is 5.11 Å². The van der Waals surface area contributed by atoms with Gasteiger partial charge in [-0.25, -0.2) is 4.98 Å². The first kappa shape index (κ1) is 18.4. The Balaban J connectivity index is 1.50. The highest BCUT2D eigenvalue weighted by Gasteiger charge is 2.15. The molecule has 0 unspecified atom stereocenters. The van der Waals surface area contributed by atoms with Crippen LogP contribution >= 0.6 is 12.2 Å². The second-order valence-corrected chi connectivity index (χ2v) is 6.75. The number of anilines is 1. The van der Waals surface area contributed by atoms with E-state index < -0.39 is 0 Å². The second-order valence-electron chi connectivity index (χ2n) is 6.34. The molecule has 0 radical (unpaired) electrons. The predicted molar refractivity (Wildman–Crippen MR) is 107 cm³/mol. The van der Waals surface area contributed by atoms with E-state index in [9.17, 15) is 5.26 Å². The van der Waals surface area contributed by atoms with Crippen LogP contribution in [0.2, 0.25) is 0 Å². The van der Waals surface area contributed by atoms with Gasteiger partial charge >= 0.3 is 0 Å². The lowest BCUT2D eigenvalue weighted by atomic mass is 10.1.